The standard InChI is InChI=1S/C12H18N2O/c1-15-12-7-5-6-11(10-12)13-14-8-3-2-4-9-14/h5-7,10,13H,2-4,8-9H2,1H3. The van der Waals surface area contributed by atoms with Crippen molar-refractivity contribution in [3.05, 3.63) is 24.3 Å². The summed E-state index contributed by atoms with van der Waals surface area (Å²) in [5.41, 5.74) is 4.52. The SMILES string of the molecule is COc1cccc(NN2CCCCC2)c1. The van der Waals surface area contributed by atoms with E-state index in [-0.39, 0.29) is 0 Å². The van der Waals surface area contributed by atoms with Crippen LogP contribution in [0.4, 0.5) is 5.69 Å². The van der Waals surface area contributed by atoms with Crippen molar-refractivity contribution in [2.75, 3.05) is 25.6 Å². The van der Waals surface area contributed by atoms with Crippen molar-refractivity contribution in [2.24, 2.45) is 0 Å². The van der Waals surface area contributed by atoms with E-state index in [1.54, 1.807) is 7.11 Å². The van der Waals surface area contributed by atoms with Gasteiger partial charge in [0.05, 0.1) is 12.8 Å². The Bertz CT molecular complexity index is 308. The van der Waals surface area contributed by atoms with Crippen molar-refractivity contribution in [3.8, 4) is 5.75 Å². The zero-order valence-corrected chi connectivity index (χ0v) is 9.20. The summed E-state index contributed by atoms with van der Waals surface area (Å²) in [6.45, 7) is 2.27. The Hall–Kier alpha value is -1.22. The second kappa shape index (κ2) is 5.03. The molecule has 0 unspecified atom stereocenters. The number of benzene rings is 1. The molecule has 1 saturated heterocycles. The van der Waals surface area contributed by atoms with Crippen molar-refractivity contribution in [2.45, 2.75) is 19.3 Å². The van der Waals surface area contributed by atoms with Gasteiger partial charge in [-0.25, -0.2) is 5.01 Å². The Balaban J connectivity index is 1.96. The van der Waals surface area contributed by atoms with Crippen molar-refractivity contribution >= 4 is 5.69 Å². The molecule has 1 aliphatic heterocycles. The number of ether oxygens (including phenoxy) is 1. The number of piperidine rings is 1. The summed E-state index contributed by atoms with van der Waals surface area (Å²) in [6.07, 6.45) is 3.93. The number of nitrogens with zero attached hydrogens (tertiary/aromatic N) is 1. The molecule has 0 bridgehead atoms. The van der Waals surface area contributed by atoms with Crippen molar-refractivity contribution in [1.82, 2.24) is 5.01 Å². The highest BCUT2D eigenvalue weighted by atomic mass is 16.5. The van der Waals surface area contributed by atoms with E-state index in [9.17, 15) is 0 Å². The minimum atomic E-state index is 0.900. The van der Waals surface area contributed by atoms with Gasteiger partial charge in [0.2, 0.25) is 0 Å². The molecule has 0 aliphatic carbocycles. The zero-order chi connectivity index (χ0) is 10.5. The lowest BCUT2D eigenvalue weighted by molar-refractivity contribution is 0.273. The van der Waals surface area contributed by atoms with Crippen LogP contribution in [0.25, 0.3) is 0 Å². The lowest BCUT2D eigenvalue weighted by atomic mass is 10.2. The Morgan fingerprint density at radius 1 is 1.20 bits per heavy atom. The summed E-state index contributed by atoms with van der Waals surface area (Å²) in [5.74, 6) is 0.900. The van der Waals surface area contributed by atoms with Gasteiger partial charge < -0.3 is 10.2 Å². The average molecular weight is 206 g/mol. The molecule has 0 amide bonds. The van der Waals surface area contributed by atoms with Gasteiger partial charge in [0.15, 0.2) is 0 Å². The first kappa shape index (κ1) is 10.3. The molecule has 2 rings (SSSR count). The zero-order valence-electron chi connectivity index (χ0n) is 9.20. The van der Waals surface area contributed by atoms with Crippen LogP contribution in [-0.2, 0) is 0 Å². The Kier molecular flexibility index (Phi) is 3.45. The third-order valence-corrected chi connectivity index (χ3v) is 2.71. The van der Waals surface area contributed by atoms with Gasteiger partial charge in [0.25, 0.3) is 0 Å². The average Bonchev–Trinajstić information content (AvgIpc) is 2.31. The van der Waals surface area contributed by atoms with Gasteiger partial charge in [-0.1, -0.05) is 12.5 Å². The maximum absolute atomic E-state index is 5.19. The van der Waals surface area contributed by atoms with Gasteiger partial charge in [-0.15, -0.1) is 0 Å². The number of rotatable bonds is 3. The quantitative estimate of drug-likeness (QED) is 0.822. The highest BCUT2D eigenvalue weighted by Crippen LogP contribution is 2.18. The number of hydrazine groups is 1. The minimum Gasteiger partial charge on any atom is -0.497 e. The minimum absolute atomic E-state index is 0.900. The Morgan fingerprint density at radius 2 is 2.00 bits per heavy atom. The van der Waals surface area contributed by atoms with Crippen LogP contribution in [0.3, 0.4) is 0 Å². The molecule has 0 aromatic heterocycles. The first-order chi connectivity index (χ1) is 7.38. The van der Waals surface area contributed by atoms with E-state index < -0.39 is 0 Å². The van der Waals surface area contributed by atoms with Crippen molar-refractivity contribution in [1.29, 1.82) is 0 Å². The lowest BCUT2D eigenvalue weighted by Gasteiger charge is -2.27. The van der Waals surface area contributed by atoms with Gasteiger partial charge in [0, 0.05) is 19.2 Å². The van der Waals surface area contributed by atoms with Gasteiger partial charge in [-0.3, -0.25) is 0 Å². The first-order valence-corrected chi connectivity index (χ1v) is 5.54. The molecule has 1 fully saturated rings. The molecule has 15 heavy (non-hydrogen) atoms. The van der Waals surface area contributed by atoms with Crippen LogP contribution >= 0.6 is 0 Å². The van der Waals surface area contributed by atoms with Crippen LogP contribution < -0.4 is 10.2 Å². The number of nitrogens with one attached hydrogen (secondary N) is 1. The van der Waals surface area contributed by atoms with E-state index in [0.29, 0.717) is 0 Å². The van der Waals surface area contributed by atoms with E-state index in [2.05, 4.69) is 16.5 Å². The molecule has 1 heterocycles. The molecule has 3 heteroatoms. The molecular weight excluding hydrogens is 188 g/mol. The third-order valence-electron chi connectivity index (χ3n) is 2.71. The predicted octanol–water partition coefficient (Wildman–Crippen LogP) is 2.51. The summed E-state index contributed by atoms with van der Waals surface area (Å²) in [4.78, 5) is 0. The molecule has 1 aromatic carbocycles. The second-order valence-corrected chi connectivity index (χ2v) is 3.89. The maximum Gasteiger partial charge on any atom is 0.120 e. The summed E-state index contributed by atoms with van der Waals surface area (Å²) in [6, 6.07) is 8.05. The van der Waals surface area contributed by atoms with Crippen LogP contribution in [0, 0.1) is 0 Å². The molecule has 0 spiro atoms. The van der Waals surface area contributed by atoms with Crippen molar-refractivity contribution in [3.63, 3.8) is 0 Å². The highest BCUT2D eigenvalue weighted by Gasteiger charge is 2.09. The number of hydrogen-bond acceptors (Lipinski definition) is 3. The molecule has 3 nitrogen and oxygen atoms in total. The summed E-state index contributed by atoms with van der Waals surface area (Å²) >= 11 is 0. The van der Waals surface area contributed by atoms with Crippen LogP contribution in [0.15, 0.2) is 24.3 Å². The Morgan fingerprint density at radius 3 is 2.73 bits per heavy atom. The molecule has 82 valence electrons. The molecule has 1 N–H and O–H groups in total. The highest BCUT2D eigenvalue weighted by molar-refractivity contribution is 5.47. The van der Waals surface area contributed by atoms with Gasteiger partial charge >= 0.3 is 0 Å². The summed E-state index contributed by atoms with van der Waals surface area (Å²) in [7, 11) is 1.69. The predicted molar refractivity (Wildman–Crippen MR) is 62.0 cm³/mol. The van der Waals surface area contributed by atoms with Gasteiger partial charge in [0.1, 0.15) is 5.75 Å². The summed E-state index contributed by atoms with van der Waals surface area (Å²) < 4.78 is 5.19. The van der Waals surface area contributed by atoms with E-state index in [4.69, 9.17) is 4.74 Å². The van der Waals surface area contributed by atoms with E-state index in [1.165, 1.54) is 19.3 Å². The number of methoxy groups -OCH3 is 1. The lowest BCUT2D eigenvalue weighted by Crippen LogP contribution is -2.34. The fraction of sp³-hybridized carbons (Fsp3) is 0.500. The topological polar surface area (TPSA) is 24.5 Å². The van der Waals surface area contributed by atoms with Crippen LogP contribution in [0.1, 0.15) is 19.3 Å². The third kappa shape index (κ3) is 2.86. The van der Waals surface area contributed by atoms with Crippen LogP contribution in [-0.4, -0.2) is 25.2 Å². The van der Waals surface area contributed by atoms with E-state index in [1.807, 2.05) is 18.2 Å². The summed E-state index contributed by atoms with van der Waals surface area (Å²) in [5, 5.41) is 2.28. The van der Waals surface area contributed by atoms with Crippen LogP contribution in [0.2, 0.25) is 0 Å². The van der Waals surface area contributed by atoms with Crippen molar-refractivity contribution < 1.29 is 4.74 Å². The fourth-order valence-electron chi connectivity index (χ4n) is 1.88. The molecular formula is C12H18N2O. The smallest absolute Gasteiger partial charge is 0.120 e. The Labute approximate surface area is 91.0 Å². The molecule has 0 atom stereocenters. The number of hydrogen-bond donors (Lipinski definition) is 1. The number of anilines is 1. The van der Waals surface area contributed by atoms with Crippen LogP contribution in [0.5, 0.6) is 5.75 Å². The second-order valence-electron chi connectivity index (χ2n) is 3.89. The largest absolute Gasteiger partial charge is 0.497 e. The molecule has 1 aromatic rings. The van der Waals surface area contributed by atoms with Gasteiger partial charge in [-0.05, 0) is 25.0 Å². The molecule has 1 aliphatic rings. The first-order valence-electron chi connectivity index (χ1n) is 5.54. The normalized spacial score (nSPS) is 17.4. The molecule has 0 saturated carbocycles. The van der Waals surface area contributed by atoms with E-state index in [0.717, 1.165) is 24.5 Å². The maximum atomic E-state index is 5.19. The van der Waals surface area contributed by atoms with E-state index >= 15 is 0 Å². The fourth-order valence-corrected chi connectivity index (χ4v) is 1.88. The van der Waals surface area contributed by atoms with Gasteiger partial charge in [-0.2, -0.15) is 0 Å². The molecule has 0 radical (unpaired) electrons. The monoisotopic (exact) mass is 206 g/mol.